The fraction of sp³-hybridized carbons (Fsp3) is 0.933. The van der Waals surface area contributed by atoms with Crippen molar-refractivity contribution in [2.24, 2.45) is 11.7 Å². The number of carbonyl (C=O) groups excluding carboxylic acids is 1. The molecular formula is C15H30ClN3O. The van der Waals surface area contributed by atoms with Gasteiger partial charge in [0.25, 0.3) is 0 Å². The summed E-state index contributed by atoms with van der Waals surface area (Å²) < 4.78 is 0. The molecule has 0 heterocycles. The van der Waals surface area contributed by atoms with Crippen LogP contribution >= 0.6 is 12.4 Å². The number of amides is 1. The second-order valence-corrected chi connectivity index (χ2v) is 6.31. The molecule has 3 N–H and O–H groups in total. The summed E-state index contributed by atoms with van der Waals surface area (Å²) in [5.41, 5.74) is 5.82. The molecule has 2 saturated carbocycles. The van der Waals surface area contributed by atoms with E-state index >= 15 is 0 Å². The largest absolute Gasteiger partial charge is 0.352 e. The molecular weight excluding hydrogens is 274 g/mol. The third-order valence-corrected chi connectivity index (χ3v) is 4.59. The van der Waals surface area contributed by atoms with Crippen molar-refractivity contribution in [3.63, 3.8) is 0 Å². The van der Waals surface area contributed by atoms with E-state index in [0.29, 0.717) is 25.2 Å². The molecule has 2 rings (SSSR count). The number of hydrogen-bond donors (Lipinski definition) is 2. The van der Waals surface area contributed by atoms with Crippen LogP contribution in [0.2, 0.25) is 0 Å². The summed E-state index contributed by atoms with van der Waals surface area (Å²) in [5.74, 6) is 0.897. The first kappa shape index (κ1) is 17.7. The van der Waals surface area contributed by atoms with Crippen LogP contribution < -0.4 is 11.1 Å². The summed E-state index contributed by atoms with van der Waals surface area (Å²) in [6, 6.07) is 0.792. The quantitative estimate of drug-likeness (QED) is 0.737. The molecule has 0 spiro atoms. The second-order valence-electron chi connectivity index (χ2n) is 6.31. The van der Waals surface area contributed by atoms with Gasteiger partial charge in [0, 0.05) is 18.6 Å². The van der Waals surface area contributed by atoms with Gasteiger partial charge in [0.1, 0.15) is 0 Å². The van der Waals surface area contributed by atoms with E-state index in [2.05, 4.69) is 10.2 Å². The van der Waals surface area contributed by atoms with Crippen LogP contribution in [-0.2, 0) is 4.79 Å². The van der Waals surface area contributed by atoms with E-state index in [4.69, 9.17) is 5.73 Å². The number of likely N-dealkylation sites (N-methyl/N-ethyl adjacent to an activating group) is 1. The van der Waals surface area contributed by atoms with Crippen LogP contribution in [0.15, 0.2) is 0 Å². The zero-order chi connectivity index (χ0) is 13.7. The Bertz CT molecular complexity index is 289. The fourth-order valence-electron chi connectivity index (χ4n) is 3.25. The van der Waals surface area contributed by atoms with E-state index in [0.717, 1.165) is 18.8 Å². The molecule has 0 aromatic heterocycles. The van der Waals surface area contributed by atoms with Crippen molar-refractivity contribution in [2.75, 3.05) is 20.1 Å². The van der Waals surface area contributed by atoms with Gasteiger partial charge in [-0.15, -0.1) is 12.4 Å². The monoisotopic (exact) mass is 303 g/mol. The highest BCUT2D eigenvalue weighted by molar-refractivity contribution is 5.85. The summed E-state index contributed by atoms with van der Waals surface area (Å²) in [5, 5.41) is 3.21. The third-order valence-electron chi connectivity index (χ3n) is 4.59. The maximum atomic E-state index is 12.1. The Morgan fingerprint density at radius 2 is 1.80 bits per heavy atom. The van der Waals surface area contributed by atoms with Gasteiger partial charge >= 0.3 is 0 Å². The smallest absolute Gasteiger partial charge is 0.234 e. The van der Waals surface area contributed by atoms with Crippen molar-refractivity contribution in [3.05, 3.63) is 0 Å². The van der Waals surface area contributed by atoms with Gasteiger partial charge in [-0.25, -0.2) is 0 Å². The van der Waals surface area contributed by atoms with Crippen LogP contribution in [0.5, 0.6) is 0 Å². The minimum atomic E-state index is 0. The highest BCUT2D eigenvalue weighted by Crippen LogP contribution is 2.34. The van der Waals surface area contributed by atoms with Crippen molar-refractivity contribution >= 4 is 18.3 Å². The van der Waals surface area contributed by atoms with Crippen molar-refractivity contribution < 1.29 is 4.79 Å². The van der Waals surface area contributed by atoms with Gasteiger partial charge < -0.3 is 11.1 Å². The van der Waals surface area contributed by atoms with E-state index in [1.165, 1.54) is 38.5 Å². The predicted octanol–water partition coefficient (Wildman–Crippen LogP) is 1.92. The zero-order valence-corrected chi connectivity index (χ0v) is 13.5. The lowest BCUT2D eigenvalue weighted by molar-refractivity contribution is -0.123. The molecule has 2 fully saturated rings. The Morgan fingerprint density at radius 3 is 2.30 bits per heavy atom. The molecule has 1 atom stereocenters. The number of halogens is 1. The minimum Gasteiger partial charge on any atom is -0.352 e. The SMILES string of the molecule is CN(CC(=O)NC1CCCCCC1)C(CN)C1CC1.Cl. The first-order valence-electron chi connectivity index (χ1n) is 7.90. The molecule has 0 aromatic carbocycles. The lowest BCUT2D eigenvalue weighted by atomic mass is 10.1. The topological polar surface area (TPSA) is 58.4 Å². The van der Waals surface area contributed by atoms with Crippen LogP contribution in [0.25, 0.3) is 0 Å². The first-order valence-corrected chi connectivity index (χ1v) is 7.90. The van der Waals surface area contributed by atoms with Crippen LogP contribution in [-0.4, -0.2) is 43.0 Å². The summed E-state index contributed by atoms with van der Waals surface area (Å²) in [4.78, 5) is 14.2. The Kier molecular flexibility index (Phi) is 7.85. The Balaban J connectivity index is 0.00000200. The zero-order valence-electron chi connectivity index (χ0n) is 12.6. The molecule has 20 heavy (non-hydrogen) atoms. The molecule has 1 amide bonds. The second kappa shape index (κ2) is 8.85. The van der Waals surface area contributed by atoms with Crippen LogP contribution in [0.4, 0.5) is 0 Å². The normalized spacial score (nSPS) is 21.9. The molecule has 0 saturated heterocycles. The Hall–Kier alpha value is -0.320. The average Bonchev–Trinajstić information content (AvgIpc) is 3.17. The highest BCUT2D eigenvalue weighted by atomic mass is 35.5. The summed E-state index contributed by atoms with van der Waals surface area (Å²) in [7, 11) is 2.03. The minimum absolute atomic E-state index is 0. The lowest BCUT2D eigenvalue weighted by Crippen LogP contribution is -2.47. The summed E-state index contributed by atoms with van der Waals surface area (Å²) >= 11 is 0. The maximum Gasteiger partial charge on any atom is 0.234 e. The van der Waals surface area contributed by atoms with Crippen LogP contribution in [0.3, 0.4) is 0 Å². The van der Waals surface area contributed by atoms with Crippen molar-refractivity contribution in [2.45, 2.75) is 63.5 Å². The molecule has 1 unspecified atom stereocenters. The van der Waals surface area contributed by atoms with Gasteiger partial charge in [-0.2, -0.15) is 0 Å². The molecule has 5 heteroatoms. The number of carbonyl (C=O) groups is 1. The Morgan fingerprint density at radius 1 is 1.20 bits per heavy atom. The molecule has 0 aliphatic heterocycles. The number of nitrogens with zero attached hydrogens (tertiary/aromatic N) is 1. The molecule has 118 valence electrons. The molecule has 2 aliphatic carbocycles. The summed E-state index contributed by atoms with van der Waals surface area (Å²) in [6.07, 6.45) is 10.0. The van der Waals surface area contributed by atoms with Crippen LogP contribution in [0.1, 0.15) is 51.4 Å². The van der Waals surface area contributed by atoms with Gasteiger partial charge in [-0.1, -0.05) is 25.7 Å². The molecule has 0 aromatic rings. The highest BCUT2D eigenvalue weighted by Gasteiger charge is 2.33. The molecule has 0 bridgehead atoms. The average molecular weight is 304 g/mol. The van der Waals surface area contributed by atoms with Crippen LogP contribution in [0, 0.1) is 5.92 Å². The van der Waals surface area contributed by atoms with Gasteiger partial charge in [0.2, 0.25) is 5.91 Å². The third kappa shape index (κ3) is 5.58. The van der Waals surface area contributed by atoms with Crippen molar-refractivity contribution in [3.8, 4) is 0 Å². The number of hydrogen-bond acceptors (Lipinski definition) is 3. The Labute approximate surface area is 129 Å². The summed E-state index contributed by atoms with van der Waals surface area (Å²) in [6.45, 7) is 1.16. The number of rotatable bonds is 6. The van der Waals surface area contributed by atoms with E-state index in [1.54, 1.807) is 0 Å². The van der Waals surface area contributed by atoms with Gasteiger partial charge in [0.05, 0.1) is 6.54 Å². The van der Waals surface area contributed by atoms with Crippen molar-refractivity contribution in [1.29, 1.82) is 0 Å². The van der Waals surface area contributed by atoms with Gasteiger partial charge in [-0.05, 0) is 38.6 Å². The van der Waals surface area contributed by atoms with E-state index in [1.807, 2.05) is 7.05 Å². The first-order chi connectivity index (χ1) is 9.20. The maximum absolute atomic E-state index is 12.1. The number of nitrogens with one attached hydrogen (secondary N) is 1. The molecule has 0 radical (unpaired) electrons. The van der Waals surface area contributed by atoms with Gasteiger partial charge in [0.15, 0.2) is 0 Å². The van der Waals surface area contributed by atoms with E-state index in [-0.39, 0.29) is 18.3 Å². The molecule has 2 aliphatic rings. The van der Waals surface area contributed by atoms with Gasteiger partial charge in [-0.3, -0.25) is 9.69 Å². The van der Waals surface area contributed by atoms with E-state index < -0.39 is 0 Å². The predicted molar refractivity (Wildman–Crippen MR) is 85.1 cm³/mol. The van der Waals surface area contributed by atoms with Crippen molar-refractivity contribution in [1.82, 2.24) is 10.2 Å². The molecule has 4 nitrogen and oxygen atoms in total. The fourth-order valence-corrected chi connectivity index (χ4v) is 3.25. The lowest BCUT2D eigenvalue weighted by Gasteiger charge is -2.27. The standard InChI is InChI=1S/C15H29N3O.ClH/c1-18(14(10-16)12-8-9-12)11-15(19)17-13-6-4-2-3-5-7-13;/h12-14H,2-11,16H2,1H3,(H,17,19);1H. The number of nitrogens with two attached hydrogens (primary N) is 1. The van der Waals surface area contributed by atoms with E-state index in [9.17, 15) is 4.79 Å².